The first-order valence-electron chi connectivity index (χ1n) is 9.92. The van der Waals surface area contributed by atoms with E-state index in [9.17, 15) is 9.59 Å². The molecule has 32 heavy (non-hydrogen) atoms. The van der Waals surface area contributed by atoms with Gasteiger partial charge in [0, 0.05) is 28.7 Å². The minimum Gasteiger partial charge on any atom is -0.494 e. The molecule has 6 nitrogen and oxygen atoms in total. The van der Waals surface area contributed by atoms with Crippen LogP contribution in [0, 0.1) is 0 Å². The zero-order chi connectivity index (χ0) is 22.7. The van der Waals surface area contributed by atoms with Gasteiger partial charge in [0.2, 0.25) is 0 Å². The van der Waals surface area contributed by atoms with Crippen LogP contribution in [0.2, 0.25) is 10.0 Å². The average molecular weight is 468 g/mol. The Bertz CT molecular complexity index is 1190. The molecule has 0 radical (unpaired) electrons. The van der Waals surface area contributed by atoms with E-state index in [0.29, 0.717) is 28.6 Å². The van der Waals surface area contributed by atoms with Crippen LogP contribution < -0.4 is 10.1 Å². The number of carbonyl (C=O) groups is 2. The molecule has 1 aromatic heterocycles. The predicted octanol–water partition coefficient (Wildman–Crippen LogP) is 5.18. The second kappa shape index (κ2) is 9.42. The van der Waals surface area contributed by atoms with Crippen molar-refractivity contribution in [3.05, 3.63) is 93.9 Å². The van der Waals surface area contributed by atoms with Crippen LogP contribution in [0.5, 0.6) is 5.75 Å². The maximum Gasteiger partial charge on any atom is 0.278 e. The summed E-state index contributed by atoms with van der Waals surface area (Å²) in [6.07, 6.45) is 3.23. The van der Waals surface area contributed by atoms with E-state index >= 15 is 0 Å². The van der Waals surface area contributed by atoms with E-state index in [-0.39, 0.29) is 22.8 Å². The third kappa shape index (κ3) is 4.47. The third-order valence-corrected chi connectivity index (χ3v) is 5.44. The normalized spacial score (nSPS) is 13.7. The molecule has 0 saturated carbocycles. The van der Waals surface area contributed by atoms with Crippen molar-refractivity contribution in [1.82, 2.24) is 9.88 Å². The Hall–Kier alpha value is -3.35. The van der Waals surface area contributed by atoms with Crippen molar-refractivity contribution in [2.75, 3.05) is 11.9 Å². The summed E-state index contributed by atoms with van der Waals surface area (Å²) in [5, 5.41) is 3.82. The zero-order valence-electron chi connectivity index (χ0n) is 17.1. The zero-order valence-corrected chi connectivity index (χ0v) is 18.7. The second-order valence-corrected chi connectivity index (χ2v) is 7.85. The van der Waals surface area contributed by atoms with Crippen LogP contribution in [0.4, 0.5) is 5.69 Å². The Morgan fingerprint density at radius 3 is 2.34 bits per heavy atom. The van der Waals surface area contributed by atoms with Crippen molar-refractivity contribution < 1.29 is 14.3 Å². The van der Waals surface area contributed by atoms with Crippen molar-refractivity contribution >= 4 is 46.3 Å². The SMILES string of the molecule is CCOc1ccc(NC2=C(c3ccc(Cl)cc3Cl)C(=O)N(Cc3ccncc3)C2=O)cc1. The number of carbonyl (C=O) groups excluding carboxylic acids is 2. The van der Waals surface area contributed by atoms with Crippen molar-refractivity contribution in [3.8, 4) is 5.75 Å². The van der Waals surface area contributed by atoms with Gasteiger partial charge in [-0.1, -0.05) is 29.3 Å². The number of anilines is 1. The van der Waals surface area contributed by atoms with E-state index in [1.165, 1.54) is 4.90 Å². The van der Waals surface area contributed by atoms with Gasteiger partial charge in [-0.3, -0.25) is 19.5 Å². The van der Waals surface area contributed by atoms with E-state index in [4.69, 9.17) is 27.9 Å². The molecule has 0 unspecified atom stereocenters. The molecule has 2 amide bonds. The summed E-state index contributed by atoms with van der Waals surface area (Å²) in [5.41, 5.74) is 2.20. The first-order valence-corrected chi connectivity index (χ1v) is 10.7. The van der Waals surface area contributed by atoms with Crippen LogP contribution in [-0.4, -0.2) is 28.3 Å². The number of rotatable bonds is 7. The molecule has 1 aliphatic rings. The molecule has 0 spiro atoms. The van der Waals surface area contributed by atoms with Gasteiger partial charge in [0.25, 0.3) is 11.8 Å². The molecular formula is C24H19Cl2N3O3. The largest absolute Gasteiger partial charge is 0.494 e. The molecule has 4 rings (SSSR count). The van der Waals surface area contributed by atoms with Crippen molar-refractivity contribution in [3.63, 3.8) is 0 Å². The summed E-state index contributed by atoms with van der Waals surface area (Å²) in [7, 11) is 0. The number of hydrogen-bond donors (Lipinski definition) is 1. The number of pyridine rings is 1. The molecule has 162 valence electrons. The molecule has 8 heteroatoms. The highest BCUT2D eigenvalue weighted by Gasteiger charge is 2.40. The number of aromatic nitrogens is 1. The van der Waals surface area contributed by atoms with Gasteiger partial charge in [-0.2, -0.15) is 0 Å². The maximum atomic E-state index is 13.4. The molecule has 0 aliphatic carbocycles. The topological polar surface area (TPSA) is 71.5 Å². The number of amides is 2. The van der Waals surface area contributed by atoms with Crippen LogP contribution in [0.25, 0.3) is 5.57 Å². The van der Waals surface area contributed by atoms with Crippen LogP contribution in [0.3, 0.4) is 0 Å². The Balaban J connectivity index is 1.73. The molecule has 0 fully saturated rings. The first-order chi connectivity index (χ1) is 15.5. The quantitative estimate of drug-likeness (QED) is 0.484. The van der Waals surface area contributed by atoms with E-state index in [1.807, 2.05) is 6.92 Å². The van der Waals surface area contributed by atoms with Gasteiger partial charge in [-0.25, -0.2) is 0 Å². The summed E-state index contributed by atoms with van der Waals surface area (Å²) in [6.45, 7) is 2.57. The fraction of sp³-hybridized carbons (Fsp3) is 0.125. The van der Waals surface area contributed by atoms with E-state index in [1.54, 1.807) is 67.0 Å². The highest BCUT2D eigenvalue weighted by molar-refractivity contribution is 6.41. The summed E-state index contributed by atoms with van der Waals surface area (Å²) >= 11 is 12.4. The fourth-order valence-corrected chi connectivity index (χ4v) is 3.90. The smallest absolute Gasteiger partial charge is 0.278 e. The van der Waals surface area contributed by atoms with Crippen LogP contribution in [0.15, 0.2) is 72.7 Å². The molecular weight excluding hydrogens is 449 g/mol. The second-order valence-electron chi connectivity index (χ2n) is 7.01. The number of benzene rings is 2. The highest BCUT2D eigenvalue weighted by Crippen LogP contribution is 2.36. The van der Waals surface area contributed by atoms with E-state index in [0.717, 1.165) is 5.56 Å². The molecule has 2 aromatic carbocycles. The standard InChI is InChI=1S/C24H19Cl2N3O3/c1-2-32-18-6-4-17(5-7-18)28-22-21(19-8-3-16(25)13-20(19)26)23(30)29(24(22)31)14-15-9-11-27-12-10-15/h3-13,28H,2,14H2,1H3. The maximum absolute atomic E-state index is 13.4. The monoisotopic (exact) mass is 467 g/mol. The number of nitrogens with one attached hydrogen (secondary N) is 1. The lowest BCUT2D eigenvalue weighted by molar-refractivity contribution is -0.137. The average Bonchev–Trinajstić information content (AvgIpc) is 3.00. The van der Waals surface area contributed by atoms with E-state index in [2.05, 4.69) is 10.3 Å². The number of imide groups is 1. The summed E-state index contributed by atoms with van der Waals surface area (Å²) in [6, 6.07) is 15.5. The predicted molar refractivity (Wildman–Crippen MR) is 124 cm³/mol. The lowest BCUT2D eigenvalue weighted by Gasteiger charge is -2.15. The van der Waals surface area contributed by atoms with Crippen molar-refractivity contribution in [1.29, 1.82) is 0 Å². The molecule has 1 aliphatic heterocycles. The lowest BCUT2D eigenvalue weighted by Crippen LogP contribution is -2.32. The number of nitrogens with zero attached hydrogens (tertiary/aromatic N) is 2. The number of hydrogen-bond acceptors (Lipinski definition) is 5. The van der Waals surface area contributed by atoms with Crippen molar-refractivity contribution in [2.45, 2.75) is 13.5 Å². The fourth-order valence-electron chi connectivity index (χ4n) is 3.39. The third-order valence-electron chi connectivity index (χ3n) is 4.89. The first kappa shape index (κ1) is 21.9. The molecule has 0 atom stereocenters. The van der Waals surface area contributed by atoms with Gasteiger partial charge in [0.05, 0.1) is 23.7 Å². The molecule has 0 saturated heterocycles. The Morgan fingerprint density at radius 2 is 1.69 bits per heavy atom. The highest BCUT2D eigenvalue weighted by atomic mass is 35.5. The lowest BCUT2D eigenvalue weighted by atomic mass is 10.0. The van der Waals surface area contributed by atoms with Crippen LogP contribution in [0.1, 0.15) is 18.1 Å². The summed E-state index contributed by atoms with van der Waals surface area (Å²) < 4.78 is 5.47. The minimum absolute atomic E-state index is 0.114. The van der Waals surface area contributed by atoms with Gasteiger partial charge in [0.15, 0.2) is 0 Å². The molecule has 1 N–H and O–H groups in total. The van der Waals surface area contributed by atoms with Gasteiger partial charge >= 0.3 is 0 Å². The molecule has 0 bridgehead atoms. The number of ether oxygens (including phenoxy) is 1. The molecule has 3 aromatic rings. The Labute approximate surface area is 195 Å². The Morgan fingerprint density at radius 1 is 0.969 bits per heavy atom. The van der Waals surface area contributed by atoms with Gasteiger partial charge < -0.3 is 10.1 Å². The summed E-state index contributed by atoms with van der Waals surface area (Å²) in [4.78, 5) is 31.9. The van der Waals surface area contributed by atoms with Crippen LogP contribution >= 0.6 is 23.2 Å². The number of halogens is 2. The summed E-state index contributed by atoms with van der Waals surface area (Å²) in [5.74, 6) is -0.174. The van der Waals surface area contributed by atoms with Gasteiger partial charge in [0.1, 0.15) is 11.4 Å². The Kier molecular flexibility index (Phi) is 6.44. The van der Waals surface area contributed by atoms with Crippen LogP contribution in [-0.2, 0) is 16.1 Å². The van der Waals surface area contributed by atoms with Crippen molar-refractivity contribution in [2.24, 2.45) is 0 Å². The van der Waals surface area contributed by atoms with E-state index < -0.39 is 11.8 Å². The minimum atomic E-state index is -0.443. The molecule has 2 heterocycles. The van der Waals surface area contributed by atoms with Gasteiger partial charge in [-0.05, 0) is 61.0 Å². The van der Waals surface area contributed by atoms with Gasteiger partial charge in [-0.15, -0.1) is 0 Å².